The lowest BCUT2D eigenvalue weighted by atomic mass is 10.5. The van der Waals surface area contributed by atoms with Gasteiger partial charge in [-0.25, -0.2) is 28.8 Å². The van der Waals surface area contributed by atoms with Crippen LogP contribution in [-0.2, 0) is 28.8 Å². The number of carbonyl (C=O) groups is 6. The first kappa shape index (κ1) is 29.7. The zero-order chi connectivity index (χ0) is 21.7. The molecule has 26 heavy (non-hydrogen) atoms. The molecule has 0 rings (SSSR count). The lowest BCUT2D eigenvalue weighted by molar-refractivity contribution is -0.134. The predicted octanol–water partition coefficient (Wildman–Crippen LogP) is -0.0624. The standard InChI is InChI=1S/2C4H4O4.2C3H4O2/c2*5-3(6)1-2-4(7)8;2*1-2-3(4)5/h2*1-2H,(H,5,6)(H,7,8);2*2H,1H2,(H,4,5)/b2*2-1-;;. The summed E-state index contributed by atoms with van der Waals surface area (Å²) in [5.41, 5.74) is 0. The summed E-state index contributed by atoms with van der Waals surface area (Å²) in [5.74, 6) is -6.99. The third-order valence-corrected chi connectivity index (χ3v) is 1.09. The number of rotatable bonds is 6. The monoisotopic (exact) mass is 376 g/mol. The van der Waals surface area contributed by atoms with Crippen LogP contribution in [0.1, 0.15) is 0 Å². The van der Waals surface area contributed by atoms with E-state index in [1.807, 2.05) is 0 Å². The van der Waals surface area contributed by atoms with Crippen molar-refractivity contribution in [1.82, 2.24) is 0 Å². The molecule has 0 radical (unpaired) electrons. The van der Waals surface area contributed by atoms with Crippen molar-refractivity contribution in [3.05, 3.63) is 49.6 Å². The van der Waals surface area contributed by atoms with Crippen molar-refractivity contribution in [2.24, 2.45) is 0 Å². The Balaban J connectivity index is -0.000000127. The molecule has 0 amide bonds. The van der Waals surface area contributed by atoms with E-state index in [1.54, 1.807) is 0 Å². The normalized spacial score (nSPS) is 8.31. The molecule has 0 aromatic heterocycles. The van der Waals surface area contributed by atoms with Gasteiger partial charge in [-0.15, -0.1) is 0 Å². The molecule has 12 heteroatoms. The Morgan fingerprint density at radius 3 is 0.577 bits per heavy atom. The first-order chi connectivity index (χ1) is 11.8. The Morgan fingerprint density at radius 2 is 0.538 bits per heavy atom. The third kappa shape index (κ3) is 72.9. The fourth-order valence-corrected chi connectivity index (χ4v) is 0.285. The maximum absolute atomic E-state index is 9.55. The fourth-order valence-electron chi connectivity index (χ4n) is 0.285. The molecule has 0 spiro atoms. The first-order valence-electron chi connectivity index (χ1n) is 5.78. The van der Waals surface area contributed by atoms with Crippen molar-refractivity contribution < 1.29 is 59.4 Å². The largest absolute Gasteiger partial charge is 0.478 e. The summed E-state index contributed by atoms with van der Waals surface area (Å²) >= 11 is 0. The summed E-state index contributed by atoms with van der Waals surface area (Å²) in [6.07, 6.45) is 3.90. The van der Waals surface area contributed by atoms with Crippen LogP contribution in [0.5, 0.6) is 0 Å². The van der Waals surface area contributed by atoms with Crippen LogP contribution in [0, 0.1) is 0 Å². The topological polar surface area (TPSA) is 224 Å². The zero-order valence-electron chi connectivity index (χ0n) is 13.0. The number of hydrogen-bond acceptors (Lipinski definition) is 6. The highest BCUT2D eigenvalue weighted by atomic mass is 16.4. The molecule has 0 aromatic rings. The molecule has 0 saturated heterocycles. The Labute approximate surface area is 145 Å². The maximum atomic E-state index is 9.55. The molecule has 0 bridgehead atoms. The summed E-state index contributed by atoms with van der Waals surface area (Å²) in [6, 6.07) is 0. The van der Waals surface area contributed by atoms with E-state index in [4.69, 9.17) is 30.6 Å². The van der Waals surface area contributed by atoms with Crippen molar-refractivity contribution in [1.29, 1.82) is 0 Å². The number of carboxylic acid groups (broad SMARTS) is 6. The zero-order valence-corrected chi connectivity index (χ0v) is 13.0. The van der Waals surface area contributed by atoms with E-state index < -0.39 is 35.8 Å². The van der Waals surface area contributed by atoms with E-state index in [1.165, 1.54) is 0 Å². The van der Waals surface area contributed by atoms with Gasteiger partial charge in [0.05, 0.1) is 0 Å². The highest BCUT2D eigenvalue weighted by Gasteiger charge is 1.88. The van der Waals surface area contributed by atoms with Crippen LogP contribution >= 0.6 is 0 Å². The van der Waals surface area contributed by atoms with Crippen LogP contribution in [0.4, 0.5) is 0 Å². The maximum Gasteiger partial charge on any atom is 0.328 e. The van der Waals surface area contributed by atoms with Gasteiger partial charge in [0.15, 0.2) is 0 Å². The quantitative estimate of drug-likeness (QED) is 0.335. The molecule has 0 heterocycles. The molecule has 0 aliphatic carbocycles. The van der Waals surface area contributed by atoms with Crippen molar-refractivity contribution in [2.75, 3.05) is 0 Å². The van der Waals surface area contributed by atoms with Gasteiger partial charge in [0.1, 0.15) is 0 Å². The van der Waals surface area contributed by atoms with Gasteiger partial charge >= 0.3 is 35.8 Å². The molecule has 0 aliphatic rings. The molecule has 0 aromatic carbocycles. The molecule has 0 saturated carbocycles. The van der Waals surface area contributed by atoms with Crippen molar-refractivity contribution in [3.63, 3.8) is 0 Å². The number of hydrogen-bond donors (Lipinski definition) is 6. The molecule has 0 unspecified atom stereocenters. The summed E-state index contributed by atoms with van der Waals surface area (Å²) in [7, 11) is 0. The third-order valence-electron chi connectivity index (χ3n) is 1.09. The highest BCUT2D eigenvalue weighted by molar-refractivity contribution is 5.90. The first-order valence-corrected chi connectivity index (χ1v) is 5.78. The van der Waals surface area contributed by atoms with Crippen LogP contribution in [0.3, 0.4) is 0 Å². The van der Waals surface area contributed by atoms with E-state index in [0.717, 1.165) is 12.2 Å². The van der Waals surface area contributed by atoms with E-state index >= 15 is 0 Å². The van der Waals surface area contributed by atoms with E-state index in [-0.39, 0.29) is 0 Å². The molecule has 6 N–H and O–H groups in total. The Kier molecular flexibility index (Phi) is 23.8. The van der Waals surface area contributed by atoms with E-state index in [0.29, 0.717) is 24.3 Å². The number of carboxylic acids is 6. The van der Waals surface area contributed by atoms with Gasteiger partial charge in [0.25, 0.3) is 0 Å². The summed E-state index contributed by atoms with van der Waals surface area (Å²) < 4.78 is 0. The Bertz CT molecular complexity index is 499. The minimum Gasteiger partial charge on any atom is -0.478 e. The molecule has 0 fully saturated rings. The van der Waals surface area contributed by atoms with E-state index in [9.17, 15) is 28.8 Å². The van der Waals surface area contributed by atoms with Gasteiger partial charge in [-0.2, -0.15) is 0 Å². The van der Waals surface area contributed by atoms with Crippen molar-refractivity contribution in [3.8, 4) is 0 Å². The smallest absolute Gasteiger partial charge is 0.328 e. The van der Waals surface area contributed by atoms with Crippen LogP contribution in [0.15, 0.2) is 49.6 Å². The van der Waals surface area contributed by atoms with Crippen molar-refractivity contribution in [2.45, 2.75) is 0 Å². The SMILES string of the molecule is C=CC(=O)O.C=CC(=O)O.O=C(O)/C=C\C(=O)O.O=C(O)/C=C\C(=O)O. The molecule has 12 nitrogen and oxygen atoms in total. The average Bonchev–Trinajstić information content (AvgIpc) is 2.52. The van der Waals surface area contributed by atoms with Crippen LogP contribution in [0.25, 0.3) is 0 Å². The van der Waals surface area contributed by atoms with Gasteiger partial charge in [0.2, 0.25) is 0 Å². The summed E-state index contributed by atoms with van der Waals surface area (Å²) in [4.78, 5) is 56.7. The molecule has 0 atom stereocenters. The molecule has 0 aliphatic heterocycles. The second kappa shape index (κ2) is 20.8. The molecular formula is C14H16O12. The van der Waals surface area contributed by atoms with Gasteiger partial charge in [0, 0.05) is 36.5 Å². The number of aliphatic carboxylic acids is 6. The Hall–Kier alpha value is -4.22. The minimum atomic E-state index is -1.26. The van der Waals surface area contributed by atoms with Crippen molar-refractivity contribution >= 4 is 35.8 Å². The summed E-state index contributed by atoms with van der Waals surface area (Å²) in [5, 5.41) is 46.5. The van der Waals surface area contributed by atoms with Gasteiger partial charge in [-0.05, 0) is 0 Å². The van der Waals surface area contributed by atoms with Gasteiger partial charge in [-0.3, -0.25) is 0 Å². The van der Waals surface area contributed by atoms with Crippen LogP contribution in [-0.4, -0.2) is 66.5 Å². The van der Waals surface area contributed by atoms with Crippen LogP contribution in [0.2, 0.25) is 0 Å². The second-order valence-electron chi connectivity index (χ2n) is 3.10. The molecular weight excluding hydrogens is 360 g/mol. The lowest BCUT2D eigenvalue weighted by Crippen LogP contribution is -1.91. The second-order valence-corrected chi connectivity index (χ2v) is 3.10. The summed E-state index contributed by atoms with van der Waals surface area (Å²) in [6.45, 7) is 5.92. The van der Waals surface area contributed by atoms with E-state index in [2.05, 4.69) is 13.2 Å². The average molecular weight is 376 g/mol. The predicted molar refractivity (Wildman–Crippen MR) is 84.5 cm³/mol. The highest BCUT2D eigenvalue weighted by Crippen LogP contribution is 1.71. The van der Waals surface area contributed by atoms with Gasteiger partial charge < -0.3 is 30.6 Å². The van der Waals surface area contributed by atoms with Crippen LogP contribution < -0.4 is 0 Å². The Morgan fingerprint density at radius 1 is 0.423 bits per heavy atom. The molecule has 144 valence electrons. The minimum absolute atomic E-state index is 0.558. The van der Waals surface area contributed by atoms with Gasteiger partial charge in [-0.1, -0.05) is 13.2 Å². The fraction of sp³-hybridized carbons (Fsp3) is 0. The lowest BCUT2D eigenvalue weighted by Gasteiger charge is -1.74.